The van der Waals surface area contributed by atoms with Crippen LogP contribution >= 0.6 is 15.9 Å². The number of hydrogen-bond donors (Lipinski definition) is 0. The van der Waals surface area contributed by atoms with Crippen molar-refractivity contribution in [3.05, 3.63) is 51.4 Å². The van der Waals surface area contributed by atoms with Crippen LogP contribution in [0.2, 0.25) is 0 Å². The van der Waals surface area contributed by atoms with Crippen molar-refractivity contribution in [3.8, 4) is 0 Å². The summed E-state index contributed by atoms with van der Waals surface area (Å²) < 4.78 is 3.41. The highest BCUT2D eigenvalue weighted by atomic mass is 79.9. The van der Waals surface area contributed by atoms with Crippen LogP contribution in [0, 0.1) is 0 Å². The summed E-state index contributed by atoms with van der Waals surface area (Å²) in [6, 6.07) is 1.72. The average molecular weight is 296 g/mol. The standard InChI is InChI=1S/C11H10BrN3O2/c1-14-3-2-8(5-14)10(16)6-15-7-13-4-9(12)11(15)17/h2-5,7H,6H2,1H3. The Morgan fingerprint density at radius 1 is 1.53 bits per heavy atom. The maximum atomic E-state index is 11.9. The maximum Gasteiger partial charge on any atom is 0.268 e. The Hall–Kier alpha value is -1.69. The zero-order valence-corrected chi connectivity index (χ0v) is 10.7. The van der Waals surface area contributed by atoms with Crippen LogP contribution in [-0.2, 0) is 13.6 Å². The van der Waals surface area contributed by atoms with E-state index in [9.17, 15) is 9.59 Å². The summed E-state index contributed by atoms with van der Waals surface area (Å²) in [6.07, 6.45) is 6.27. The van der Waals surface area contributed by atoms with Crippen molar-refractivity contribution < 1.29 is 4.79 Å². The predicted octanol–water partition coefficient (Wildman–Crippen LogP) is 1.23. The Morgan fingerprint density at radius 2 is 2.29 bits per heavy atom. The lowest BCUT2D eigenvalue weighted by molar-refractivity contribution is 0.0970. The van der Waals surface area contributed by atoms with E-state index in [0.717, 1.165) is 0 Å². The quantitative estimate of drug-likeness (QED) is 0.800. The highest BCUT2D eigenvalue weighted by Gasteiger charge is 2.10. The molecule has 5 nitrogen and oxygen atoms in total. The van der Waals surface area contributed by atoms with Crippen LogP contribution < -0.4 is 5.56 Å². The van der Waals surface area contributed by atoms with Gasteiger partial charge < -0.3 is 4.57 Å². The van der Waals surface area contributed by atoms with E-state index in [1.165, 1.54) is 17.1 Å². The second-order valence-corrected chi connectivity index (χ2v) is 4.52. The van der Waals surface area contributed by atoms with Gasteiger partial charge in [0.05, 0.1) is 12.9 Å². The van der Waals surface area contributed by atoms with Crippen molar-refractivity contribution >= 4 is 21.7 Å². The molecule has 0 saturated carbocycles. The summed E-state index contributed by atoms with van der Waals surface area (Å²) in [5.74, 6) is -0.118. The molecule has 2 rings (SSSR count). The lowest BCUT2D eigenvalue weighted by Gasteiger charge is -2.03. The van der Waals surface area contributed by atoms with Gasteiger partial charge in [-0.15, -0.1) is 0 Å². The van der Waals surface area contributed by atoms with Gasteiger partial charge in [-0.25, -0.2) is 4.98 Å². The number of carbonyl (C=O) groups excluding carboxylic acids is 1. The number of halogens is 1. The number of Topliss-reactive ketones (excluding diaryl/α,β-unsaturated/α-hetero) is 1. The van der Waals surface area contributed by atoms with Gasteiger partial charge in [-0.3, -0.25) is 14.2 Å². The zero-order chi connectivity index (χ0) is 12.4. The van der Waals surface area contributed by atoms with Crippen molar-refractivity contribution in [3.63, 3.8) is 0 Å². The number of aryl methyl sites for hydroxylation is 1. The third-order valence-electron chi connectivity index (χ3n) is 2.33. The molecule has 0 aliphatic heterocycles. The molecule has 88 valence electrons. The van der Waals surface area contributed by atoms with Crippen LogP contribution in [-0.4, -0.2) is 19.9 Å². The van der Waals surface area contributed by atoms with E-state index in [4.69, 9.17) is 0 Å². The monoisotopic (exact) mass is 295 g/mol. The topological polar surface area (TPSA) is 56.9 Å². The van der Waals surface area contributed by atoms with E-state index in [0.29, 0.717) is 10.0 Å². The molecular formula is C11H10BrN3O2. The molecule has 0 N–H and O–H groups in total. The fraction of sp³-hybridized carbons (Fsp3) is 0.182. The summed E-state index contributed by atoms with van der Waals surface area (Å²) in [7, 11) is 1.84. The van der Waals surface area contributed by atoms with Gasteiger partial charge in [0.25, 0.3) is 5.56 Å². The van der Waals surface area contributed by atoms with Gasteiger partial charge in [0.15, 0.2) is 5.78 Å². The first-order valence-electron chi connectivity index (χ1n) is 4.93. The molecule has 17 heavy (non-hydrogen) atoms. The van der Waals surface area contributed by atoms with Crippen LogP contribution in [0.4, 0.5) is 0 Å². The third-order valence-corrected chi connectivity index (χ3v) is 2.87. The van der Waals surface area contributed by atoms with E-state index < -0.39 is 0 Å². The molecule has 0 saturated heterocycles. The maximum absolute atomic E-state index is 11.9. The van der Waals surface area contributed by atoms with Crippen molar-refractivity contribution in [1.82, 2.24) is 14.1 Å². The Labute approximate surface area is 106 Å². The van der Waals surface area contributed by atoms with Crippen LogP contribution in [0.3, 0.4) is 0 Å². The predicted molar refractivity (Wildman–Crippen MR) is 65.9 cm³/mol. The molecule has 0 aliphatic rings. The number of nitrogens with zero attached hydrogens (tertiary/aromatic N) is 3. The Bertz CT molecular complexity index is 615. The largest absolute Gasteiger partial charge is 0.357 e. The molecule has 0 atom stereocenters. The molecule has 6 heteroatoms. The van der Waals surface area contributed by atoms with Crippen molar-refractivity contribution in [2.45, 2.75) is 6.54 Å². The Morgan fingerprint density at radius 3 is 2.94 bits per heavy atom. The lowest BCUT2D eigenvalue weighted by Crippen LogP contribution is -2.24. The molecule has 2 aromatic heterocycles. The van der Waals surface area contributed by atoms with Crippen LogP contribution in [0.15, 0.2) is 40.3 Å². The summed E-state index contributed by atoms with van der Waals surface area (Å²) in [6.45, 7) is -0.00468. The van der Waals surface area contributed by atoms with Gasteiger partial charge in [0.1, 0.15) is 4.47 Å². The fourth-order valence-corrected chi connectivity index (χ4v) is 1.80. The summed E-state index contributed by atoms with van der Waals surface area (Å²) >= 11 is 3.09. The van der Waals surface area contributed by atoms with Crippen molar-refractivity contribution in [1.29, 1.82) is 0 Å². The molecule has 0 aromatic carbocycles. The average Bonchev–Trinajstić information content (AvgIpc) is 2.72. The van der Waals surface area contributed by atoms with Gasteiger partial charge in [-0.2, -0.15) is 0 Å². The molecule has 0 unspecified atom stereocenters. The van der Waals surface area contributed by atoms with E-state index in [2.05, 4.69) is 20.9 Å². The van der Waals surface area contributed by atoms with Crippen LogP contribution in [0.5, 0.6) is 0 Å². The van der Waals surface area contributed by atoms with E-state index in [1.54, 1.807) is 23.0 Å². The van der Waals surface area contributed by atoms with E-state index >= 15 is 0 Å². The number of rotatable bonds is 3. The molecule has 2 aromatic rings. The molecular weight excluding hydrogens is 286 g/mol. The number of aromatic nitrogens is 3. The first-order valence-corrected chi connectivity index (χ1v) is 5.72. The highest BCUT2D eigenvalue weighted by molar-refractivity contribution is 9.10. The second-order valence-electron chi connectivity index (χ2n) is 3.66. The summed E-state index contributed by atoms with van der Waals surface area (Å²) in [5.41, 5.74) is 0.323. The number of hydrogen-bond acceptors (Lipinski definition) is 3. The molecule has 0 amide bonds. The van der Waals surface area contributed by atoms with E-state index in [1.807, 2.05) is 7.05 Å². The SMILES string of the molecule is Cn1ccc(C(=O)Cn2cncc(Br)c2=O)c1. The summed E-state index contributed by atoms with van der Waals surface area (Å²) in [4.78, 5) is 27.4. The molecule has 0 aliphatic carbocycles. The van der Waals surface area contributed by atoms with Crippen LogP contribution in [0.1, 0.15) is 10.4 Å². The van der Waals surface area contributed by atoms with Gasteiger partial charge >= 0.3 is 0 Å². The second kappa shape index (κ2) is 4.67. The molecule has 0 radical (unpaired) electrons. The number of carbonyl (C=O) groups is 1. The highest BCUT2D eigenvalue weighted by Crippen LogP contribution is 2.03. The van der Waals surface area contributed by atoms with Gasteiger partial charge in [0, 0.05) is 31.2 Å². The molecule has 0 spiro atoms. The minimum absolute atomic E-state index is 0.00468. The Kier molecular flexibility index (Phi) is 3.23. The first-order chi connectivity index (χ1) is 8.08. The zero-order valence-electron chi connectivity index (χ0n) is 9.13. The van der Waals surface area contributed by atoms with Gasteiger partial charge in [-0.05, 0) is 22.0 Å². The van der Waals surface area contributed by atoms with Crippen LogP contribution in [0.25, 0.3) is 0 Å². The minimum atomic E-state index is -0.260. The molecule has 0 bridgehead atoms. The van der Waals surface area contributed by atoms with Crippen molar-refractivity contribution in [2.24, 2.45) is 7.05 Å². The smallest absolute Gasteiger partial charge is 0.268 e. The lowest BCUT2D eigenvalue weighted by atomic mass is 10.2. The molecule has 2 heterocycles. The van der Waals surface area contributed by atoms with Gasteiger partial charge in [-0.1, -0.05) is 0 Å². The molecule has 0 fully saturated rings. The van der Waals surface area contributed by atoms with Crippen molar-refractivity contribution in [2.75, 3.05) is 0 Å². The third kappa shape index (κ3) is 2.52. The summed E-state index contributed by atoms with van der Waals surface area (Å²) in [5, 5.41) is 0. The van der Waals surface area contributed by atoms with Gasteiger partial charge in [0.2, 0.25) is 0 Å². The van der Waals surface area contributed by atoms with E-state index in [-0.39, 0.29) is 17.9 Å². The first kappa shape index (κ1) is 11.8. The number of ketones is 1. The Balaban J connectivity index is 2.25. The minimum Gasteiger partial charge on any atom is -0.357 e. The fourth-order valence-electron chi connectivity index (χ4n) is 1.45. The normalized spacial score (nSPS) is 10.5.